The second kappa shape index (κ2) is 25.1. The molecule has 5 amide bonds. The highest BCUT2D eigenvalue weighted by atomic mass is 16.6. The lowest BCUT2D eigenvalue weighted by molar-refractivity contribution is -0.131. The summed E-state index contributed by atoms with van der Waals surface area (Å²) in [5.41, 5.74) is 8.44. The van der Waals surface area contributed by atoms with Gasteiger partial charge in [-0.3, -0.25) is 24.0 Å². The van der Waals surface area contributed by atoms with Gasteiger partial charge in [-0.25, -0.2) is 14.8 Å². The van der Waals surface area contributed by atoms with Crippen molar-refractivity contribution < 1.29 is 38.2 Å². The van der Waals surface area contributed by atoms with Crippen LogP contribution in [0.1, 0.15) is 62.3 Å². The number of nitrogens with two attached hydrogens (primary N) is 1. The fourth-order valence-corrected chi connectivity index (χ4v) is 10.5. The number of fused-ring (bicyclic) bond motifs is 2. The van der Waals surface area contributed by atoms with E-state index in [0.29, 0.717) is 35.3 Å². The molecule has 0 unspecified atom stereocenters. The van der Waals surface area contributed by atoms with Gasteiger partial charge in [0.05, 0.1) is 43.6 Å². The quantitative estimate of drug-likeness (QED) is 0.0276. The molecular formula is C58H68N12O9. The van der Waals surface area contributed by atoms with E-state index in [0.717, 1.165) is 97.7 Å². The topological polar surface area (TPSA) is 269 Å². The summed E-state index contributed by atoms with van der Waals surface area (Å²) in [5, 5.41) is 15.3. The monoisotopic (exact) mass is 1080 g/mol. The number of H-pyrrole nitrogens is 1. The van der Waals surface area contributed by atoms with E-state index in [9.17, 15) is 28.8 Å². The lowest BCUT2D eigenvalue weighted by atomic mass is 9.87. The molecular weight excluding hydrogens is 1010 g/mol. The summed E-state index contributed by atoms with van der Waals surface area (Å²) < 4.78 is 19.7. The number of amides is 5. The molecule has 6 aromatic rings. The molecule has 9 rings (SSSR count). The van der Waals surface area contributed by atoms with Gasteiger partial charge in [0.25, 0.3) is 11.5 Å². The zero-order chi connectivity index (χ0) is 55.5. The highest BCUT2D eigenvalue weighted by Crippen LogP contribution is 2.44. The third-order valence-electron chi connectivity index (χ3n) is 15.0. The van der Waals surface area contributed by atoms with Crippen LogP contribution >= 0.6 is 0 Å². The van der Waals surface area contributed by atoms with Crippen LogP contribution in [0.25, 0.3) is 32.9 Å². The van der Waals surface area contributed by atoms with Crippen molar-refractivity contribution in [3.63, 3.8) is 0 Å². The molecule has 8 N–H and O–H groups in total. The van der Waals surface area contributed by atoms with Crippen molar-refractivity contribution in [2.45, 2.75) is 81.2 Å². The highest BCUT2D eigenvalue weighted by Gasteiger charge is 2.45. The molecule has 21 heteroatoms. The van der Waals surface area contributed by atoms with Crippen LogP contribution < -0.4 is 42.8 Å². The Hall–Kier alpha value is -8.16. The van der Waals surface area contributed by atoms with E-state index < -0.39 is 61.1 Å². The molecule has 21 nitrogen and oxygen atoms in total. The fourth-order valence-electron chi connectivity index (χ4n) is 10.5. The molecule has 1 aliphatic carbocycles. The molecule has 414 valence electrons. The van der Waals surface area contributed by atoms with Crippen molar-refractivity contribution in [1.82, 2.24) is 51.0 Å². The zero-order valence-electron chi connectivity index (χ0n) is 44.6. The van der Waals surface area contributed by atoms with Crippen molar-refractivity contribution >= 4 is 57.5 Å². The van der Waals surface area contributed by atoms with Crippen molar-refractivity contribution in [3.8, 4) is 23.5 Å². The number of pyridine rings is 1. The smallest absolute Gasteiger partial charge is 0.405 e. The van der Waals surface area contributed by atoms with E-state index in [1.54, 1.807) is 42.1 Å². The van der Waals surface area contributed by atoms with Crippen molar-refractivity contribution in [2.24, 2.45) is 12.8 Å². The number of hydrogen-bond acceptors (Lipinski definition) is 14. The van der Waals surface area contributed by atoms with Gasteiger partial charge < -0.3 is 65.9 Å². The van der Waals surface area contributed by atoms with Crippen LogP contribution in [0.3, 0.4) is 0 Å². The van der Waals surface area contributed by atoms with Crippen molar-refractivity contribution in [1.29, 1.82) is 0 Å². The number of rotatable bonds is 23. The second-order valence-electron chi connectivity index (χ2n) is 20.7. The molecule has 5 heterocycles. The number of nitrogens with one attached hydrogen (secondary N) is 6. The van der Waals surface area contributed by atoms with Crippen LogP contribution in [0.15, 0.2) is 102 Å². The summed E-state index contributed by atoms with van der Waals surface area (Å²) in [5.74, 6) is 0.614. The van der Waals surface area contributed by atoms with Crippen LogP contribution in [0.2, 0.25) is 0 Å². The number of likely N-dealkylation sites (tertiary alicyclic amines) is 1. The zero-order valence-corrected chi connectivity index (χ0v) is 44.6. The first-order chi connectivity index (χ1) is 38.2. The molecule has 3 aromatic heterocycles. The molecule has 3 aromatic carbocycles. The number of hydrogen-bond donors (Lipinski definition) is 7. The molecule has 3 fully saturated rings. The average Bonchev–Trinajstić information content (AvgIpc) is 4.19. The molecule has 3 aliphatic rings. The SMILES string of the molecule is C#CCNC1(C)CCN(C2CCN(c3nc([C@@](COCNC(=O)CNC(=O)[C@H](Cc4ccccc4)NC(=O)CNC(=O)COC(N)=O)(OC4CC4)c4ccccc4)c4cc(-c5cn(C)c(=O)c6[nH]ccc56)ccc4n3)CC2)CC1. The van der Waals surface area contributed by atoms with E-state index in [4.69, 9.17) is 31.6 Å². The van der Waals surface area contributed by atoms with E-state index >= 15 is 0 Å². The number of primary amides is 1. The average molecular weight is 1080 g/mol. The Labute approximate surface area is 457 Å². The third kappa shape index (κ3) is 13.8. The third-order valence-corrected chi connectivity index (χ3v) is 15.0. The Morgan fingerprint density at radius 3 is 2.30 bits per heavy atom. The summed E-state index contributed by atoms with van der Waals surface area (Å²) >= 11 is 0. The largest absolute Gasteiger partial charge is 0.440 e. The van der Waals surface area contributed by atoms with Gasteiger partial charge >= 0.3 is 6.09 Å². The number of aromatic nitrogens is 4. The predicted molar refractivity (Wildman–Crippen MR) is 297 cm³/mol. The summed E-state index contributed by atoms with van der Waals surface area (Å²) in [6, 6.07) is 26.0. The van der Waals surface area contributed by atoms with Crippen LogP contribution in [-0.4, -0.2) is 144 Å². The molecule has 0 radical (unpaired) electrons. The Bertz CT molecular complexity index is 3250. The van der Waals surface area contributed by atoms with Crippen LogP contribution in [0.5, 0.6) is 0 Å². The Balaban J connectivity index is 0.961. The first-order valence-electron chi connectivity index (χ1n) is 26.8. The minimum Gasteiger partial charge on any atom is -0.440 e. The predicted octanol–water partition coefficient (Wildman–Crippen LogP) is 3.09. The number of anilines is 1. The van der Waals surface area contributed by atoms with Gasteiger partial charge in [-0.1, -0.05) is 72.7 Å². The number of terminal acetylenes is 1. The maximum atomic E-state index is 13.6. The number of aryl methyl sites for hydroxylation is 1. The molecule has 2 atom stereocenters. The number of piperidine rings is 2. The number of aromatic amines is 1. The Morgan fingerprint density at radius 2 is 1.59 bits per heavy atom. The Kier molecular flexibility index (Phi) is 17.7. The van der Waals surface area contributed by atoms with Gasteiger partial charge in [0.15, 0.2) is 12.2 Å². The minimum atomic E-state index is -1.33. The van der Waals surface area contributed by atoms with E-state index in [1.807, 2.05) is 60.8 Å². The van der Waals surface area contributed by atoms with Crippen molar-refractivity contribution in [3.05, 3.63) is 124 Å². The maximum absolute atomic E-state index is 13.6. The standard InChI is InChI=1S/C58H68N12O9/c1-4-24-64-57(2)22-28-69(29-23-57)41-20-26-70(27-21-41)56-66-46-18-15-39(45-34-68(3)54(75)51-43(45)19-25-60-51)31-44(46)52(67-56)58(79-42-16-17-42,40-13-9-6-10-14-40)36-77-37-63-48(71)32-62-53(74)47(30-38-11-7-5-8-12-38)65-49(72)33-61-50(73)35-78-55(59)76/h1,5-15,18-19,25,31,34,41-42,47,60,64H,16-17,20-24,26-30,32-33,35-37H2,2-3H3,(H2,59,76)(H,61,73)(H,62,74)(H,63,71)(H,65,72)/t47-,58-/m0/s1. The van der Waals surface area contributed by atoms with Gasteiger partial charge in [-0.2, -0.15) is 0 Å². The number of nitrogens with zero attached hydrogens (tertiary/aromatic N) is 5. The molecule has 2 aliphatic heterocycles. The maximum Gasteiger partial charge on any atom is 0.405 e. The van der Waals surface area contributed by atoms with Gasteiger partial charge in [0.1, 0.15) is 18.3 Å². The van der Waals surface area contributed by atoms with Gasteiger partial charge in [-0.05, 0) is 80.3 Å². The molecule has 79 heavy (non-hydrogen) atoms. The summed E-state index contributed by atoms with van der Waals surface area (Å²) in [6.07, 6.45) is 13.6. The molecule has 1 saturated carbocycles. The second-order valence-corrected chi connectivity index (χ2v) is 20.7. The molecule has 2 saturated heterocycles. The van der Waals surface area contributed by atoms with E-state index in [-0.39, 0.29) is 37.0 Å². The highest BCUT2D eigenvalue weighted by molar-refractivity contribution is 5.98. The van der Waals surface area contributed by atoms with Crippen LogP contribution in [0.4, 0.5) is 10.7 Å². The van der Waals surface area contributed by atoms with Gasteiger partial charge in [-0.15, -0.1) is 6.42 Å². The molecule has 0 spiro atoms. The lowest BCUT2D eigenvalue weighted by Crippen LogP contribution is -2.55. The summed E-state index contributed by atoms with van der Waals surface area (Å²) in [6.45, 7) is 4.30. The first kappa shape index (κ1) is 55.6. The van der Waals surface area contributed by atoms with Crippen molar-refractivity contribution in [2.75, 3.05) is 70.7 Å². The van der Waals surface area contributed by atoms with Gasteiger partial charge in [0, 0.05) is 80.0 Å². The number of ether oxygens (including phenoxy) is 3. The fraction of sp³-hybridized carbons (Fsp3) is 0.414. The first-order valence-corrected chi connectivity index (χ1v) is 26.8. The van der Waals surface area contributed by atoms with Crippen LogP contribution in [0, 0.1) is 12.3 Å². The molecule has 0 bridgehead atoms. The lowest BCUT2D eigenvalue weighted by Gasteiger charge is -2.45. The van der Waals surface area contributed by atoms with E-state index in [2.05, 4.69) is 65.0 Å². The number of benzene rings is 3. The van der Waals surface area contributed by atoms with Crippen LogP contribution in [-0.2, 0) is 52.5 Å². The van der Waals surface area contributed by atoms with Gasteiger partial charge in [0.2, 0.25) is 23.7 Å². The summed E-state index contributed by atoms with van der Waals surface area (Å²) in [4.78, 5) is 94.9. The number of carbonyl (C=O) groups is 5. The Morgan fingerprint density at radius 1 is 0.873 bits per heavy atom. The normalized spacial score (nSPS) is 16.8. The summed E-state index contributed by atoms with van der Waals surface area (Å²) in [7, 11) is 1.73. The van der Waals surface area contributed by atoms with E-state index in [1.165, 1.54) is 0 Å². The minimum absolute atomic E-state index is 0.0255. The number of carbonyl (C=O) groups excluding carboxylic acids is 5.